The maximum absolute atomic E-state index is 10.4. The highest BCUT2D eigenvalue weighted by molar-refractivity contribution is 5.73. The first-order valence-corrected chi connectivity index (χ1v) is 3.56. The monoisotopic (exact) mass is 169 g/mol. The molecule has 0 aliphatic heterocycles. The molecule has 1 aromatic heterocycles. The van der Waals surface area contributed by atoms with Crippen LogP contribution in [0.1, 0.15) is 5.69 Å². The number of aromatic nitrogens is 2. The summed E-state index contributed by atoms with van der Waals surface area (Å²) < 4.78 is 1.61. The molecule has 66 valence electrons. The fourth-order valence-corrected chi connectivity index (χ4v) is 0.914. The first-order valence-electron chi connectivity index (χ1n) is 3.56. The Morgan fingerprint density at radius 2 is 2.58 bits per heavy atom. The van der Waals surface area contributed by atoms with Gasteiger partial charge in [0, 0.05) is 25.4 Å². The SMILES string of the molecule is Cn1nccc1C[C@H](N)C(=O)O. The lowest BCUT2D eigenvalue weighted by Crippen LogP contribution is -2.32. The molecule has 0 spiro atoms. The van der Waals surface area contributed by atoms with Gasteiger partial charge in [-0.1, -0.05) is 0 Å². The zero-order chi connectivity index (χ0) is 9.14. The van der Waals surface area contributed by atoms with E-state index in [0.717, 1.165) is 5.69 Å². The van der Waals surface area contributed by atoms with Gasteiger partial charge in [0.25, 0.3) is 0 Å². The second-order valence-electron chi connectivity index (χ2n) is 2.60. The van der Waals surface area contributed by atoms with Crippen molar-refractivity contribution < 1.29 is 9.90 Å². The van der Waals surface area contributed by atoms with Gasteiger partial charge in [0.2, 0.25) is 0 Å². The van der Waals surface area contributed by atoms with Crippen LogP contribution in [-0.2, 0) is 18.3 Å². The van der Waals surface area contributed by atoms with Crippen LogP contribution < -0.4 is 5.73 Å². The van der Waals surface area contributed by atoms with Crippen molar-refractivity contribution >= 4 is 5.97 Å². The number of nitrogens with two attached hydrogens (primary N) is 1. The lowest BCUT2D eigenvalue weighted by Gasteiger charge is -2.05. The smallest absolute Gasteiger partial charge is 0.320 e. The topological polar surface area (TPSA) is 81.1 Å². The van der Waals surface area contributed by atoms with Gasteiger partial charge in [-0.2, -0.15) is 5.10 Å². The standard InChI is InChI=1S/C7H11N3O2/c1-10-5(2-3-9-10)4-6(8)7(11)12/h2-3,6H,4,8H2,1H3,(H,11,12)/t6-/m0/s1. The number of nitrogens with zero attached hydrogens (tertiary/aromatic N) is 2. The zero-order valence-electron chi connectivity index (χ0n) is 6.77. The molecule has 0 fully saturated rings. The first kappa shape index (κ1) is 8.73. The van der Waals surface area contributed by atoms with Crippen LogP contribution in [0.4, 0.5) is 0 Å². The first-order chi connectivity index (χ1) is 5.61. The molecule has 0 amide bonds. The van der Waals surface area contributed by atoms with Crippen molar-refractivity contribution in [2.75, 3.05) is 0 Å². The minimum atomic E-state index is -0.990. The number of carboxylic acids is 1. The normalized spacial score (nSPS) is 12.8. The van der Waals surface area contributed by atoms with Gasteiger partial charge in [-0.3, -0.25) is 9.48 Å². The van der Waals surface area contributed by atoms with Crippen LogP contribution in [0.15, 0.2) is 12.3 Å². The van der Waals surface area contributed by atoms with Crippen LogP contribution in [0.5, 0.6) is 0 Å². The maximum atomic E-state index is 10.4. The van der Waals surface area contributed by atoms with Gasteiger partial charge >= 0.3 is 5.97 Å². The zero-order valence-corrected chi connectivity index (χ0v) is 6.77. The molecular weight excluding hydrogens is 158 g/mol. The minimum Gasteiger partial charge on any atom is -0.480 e. The molecule has 0 saturated heterocycles. The summed E-state index contributed by atoms with van der Waals surface area (Å²) in [5.41, 5.74) is 6.16. The van der Waals surface area contributed by atoms with Crippen LogP contribution in [0.3, 0.4) is 0 Å². The molecule has 0 aliphatic carbocycles. The van der Waals surface area contributed by atoms with E-state index in [4.69, 9.17) is 10.8 Å². The van der Waals surface area contributed by atoms with Gasteiger partial charge in [-0.15, -0.1) is 0 Å². The summed E-state index contributed by atoms with van der Waals surface area (Å²) in [7, 11) is 1.75. The Bertz CT molecular complexity index is 282. The number of hydrogen-bond donors (Lipinski definition) is 2. The van der Waals surface area contributed by atoms with Gasteiger partial charge < -0.3 is 10.8 Å². The summed E-state index contributed by atoms with van der Waals surface area (Å²) in [5.74, 6) is -0.990. The Labute approximate surface area is 69.8 Å². The lowest BCUT2D eigenvalue weighted by atomic mass is 10.2. The van der Waals surface area contributed by atoms with Crippen molar-refractivity contribution in [3.8, 4) is 0 Å². The average Bonchev–Trinajstić information content (AvgIpc) is 2.36. The summed E-state index contributed by atoms with van der Waals surface area (Å²) in [4.78, 5) is 10.4. The van der Waals surface area contributed by atoms with Crippen molar-refractivity contribution in [3.63, 3.8) is 0 Å². The second kappa shape index (κ2) is 3.36. The molecule has 1 rings (SSSR count). The molecule has 5 nitrogen and oxygen atoms in total. The molecule has 3 N–H and O–H groups in total. The number of carbonyl (C=O) groups is 1. The molecule has 0 aliphatic rings. The average molecular weight is 169 g/mol. The maximum Gasteiger partial charge on any atom is 0.320 e. The molecule has 12 heavy (non-hydrogen) atoms. The summed E-state index contributed by atoms with van der Waals surface area (Å²) in [6, 6.07) is 0.906. The molecule has 1 atom stereocenters. The third-order valence-electron chi connectivity index (χ3n) is 1.67. The highest BCUT2D eigenvalue weighted by Crippen LogP contribution is 1.99. The van der Waals surface area contributed by atoms with Crippen molar-refractivity contribution in [1.29, 1.82) is 0 Å². The highest BCUT2D eigenvalue weighted by Gasteiger charge is 2.13. The predicted molar refractivity (Wildman–Crippen MR) is 42.5 cm³/mol. The van der Waals surface area contributed by atoms with Crippen molar-refractivity contribution in [3.05, 3.63) is 18.0 Å². The molecule has 0 aromatic carbocycles. The molecule has 0 unspecified atom stereocenters. The van der Waals surface area contributed by atoms with Gasteiger partial charge in [0.15, 0.2) is 0 Å². The Morgan fingerprint density at radius 1 is 1.92 bits per heavy atom. The van der Waals surface area contributed by atoms with E-state index in [-0.39, 0.29) is 0 Å². The number of rotatable bonds is 3. The van der Waals surface area contributed by atoms with Gasteiger partial charge in [-0.25, -0.2) is 0 Å². The fourth-order valence-electron chi connectivity index (χ4n) is 0.914. The van der Waals surface area contributed by atoms with E-state index in [1.165, 1.54) is 0 Å². The highest BCUT2D eigenvalue weighted by atomic mass is 16.4. The van der Waals surface area contributed by atoms with Crippen molar-refractivity contribution in [2.45, 2.75) is 12.5 Å². The van der Waals surface area contributed by atoms with Crippen molar-refractivity contribution in [1.82, 2.24) is 9.78 Å². The van der Waals surface area contributed by atoms with Crippen LogP contribution in [0, 0.1) is 0 Å². The van der Waals surface area contributed by atoms with Gasteiger partial charge in [-0.05, 0) is 6.07 Å². The molecular formula is C7H11N3O2. The molecule has 1 aromatic rings. The van der Waals surface area contributed by atoms with Crippen LogP contribution in [-0.4, -0.2) is 26.9 Å². The van der Waals surface area contributed by atoms with E-state index < -0.39 is 12.0 Å². The number of aliphatic carboxylic acids is 1. The Hall–Kier alpha value is -1.36. The fraction of sp³-hybridized carbons (Fsp3) is 0.429. The number of carboxylic acid groups (broad SMARTS) is 1. The molecule has 1 heterocycles. The number of hydrogen-bond acceptors (Lipinski definition) is 3. The van der Waals surface area contributed by atoms with Gasteiger partial charge in [0.05, 0.1) is 0 Å². The Morgan fingerprint density at radius 3 is 3.00 bits per heavy atom. The predicted octanol–water partition coefficient (Wildman–Crippen LogP) is -0.625. The largest absolute Gasteiger partial charge is 0.480 e. The molecule has 5 heteroatoms. The third-order valence-corrected chi connectivity index (χ3v) is 1.67. The lowest BCUT2D eigenvalue weighted by molar-refractivity contribution is -0.138. The molecule has 0 saturated carbocycles. The van der Waals surface area contributed by atoms with Crippen LogP contribution >= 0.6 is 0 Å². The second-order valence-corrected chi connectivity index (χ2v) is 2.60. The van der Waals surface area contributed by atoms with Gasteiger partial charge in [0.1, 0.15) is 6.04 Å². The van der Waals surface area contributed by atoms with E-state index in [1.807, 2.05) is 0 Å². The van der Waals surface area contributed by atoms with E-state index in [2.05, 4.69) is 5.10 Å². The molecule has 0 bridgehead atoms. The minimum absolute atomic E-state index is 0.311. The summed E-state index contributed by atoms with van der Waals surface area (Å²) in [5, 5.41) is 12.4. The third kappa shape index (κ3) is 1.82. The molecule has 0 radical (unpaired) electrons. The van der Waals surface area contributed by atoms with E-state index in [1.54, 1.807) is 24.0 Å². The van der Waals surface area contributed by atoms with E-state index in [9.17, 15) is 4.79 Å². The summed E-state index contributed by atoms with van der Waals surface area (Å²) >= 11 is 0. The summed E-state index contributed by atoms with van der Waals surface area (Å²) in [6.07, 6.45) is 1.93. The van der Waals surface area contributed by atoms with E-state index >= 15 is 0 Å². The Balaban J connectivity index is 2.64. The summed E-state index contributed by atoms with van der Waals surface area (Å²) in [6.45, 7) is 0. The number of aryl methyl sites for hydroxylation is 1. The van der Waals surface area contributed by atoms with Crippen LogP contribution in [0.2, 0.25) is 0 Å². The van der Waals surface area contributed by atoms with Crippen molar-refractivity contribution in [2.24, 2.45) is 12.8 Å². The Kier molecular flexibility index (Phi) is 2.44. The quantitative estimate of drug-likeness (QED) is 0.631. The van der Waals surface area contributed by atoms with E-state index in [0.29, 0.717) is 6.42 Å². The van der Waals surface area contributed by atoms with Crippen LogP contribution in [0.25, 0.3) is 0 Å².